The monoisotopic (exact) mass is 228 g/mol. The first-order valence-corrected chi connectivity index (χ1v) is 5.94. The van der Waals surface area contributed by atoms with E-state index in [2.05, 4.69) is 6.92 Å². The number of carbonyl (C=O) groups is 1. The van der Waals surface area contributed by atoms with Crippen molar-refractivity contribution in [3.8, 4) is 0 Å². The number of methoxy groups -OCH3 is 1. The first-order chi connectivity index (χ1) is 7.35. The van der Waals surface area contributed by atoms with Gasteiger partial charge < -0.3 is 15.4 Å². The molecule has 0 aliphatic carbocycles. The van der Waals surface area contributed by atoms with Gasteiger partial charge in [-0.25, -0.2) is 0 Å². The number of nitrogens with two attached hydrogens (primary N) is 1. The van der Waals surface area contributed by atoms with Crippen LogP contribution in [-0.2, 0) is 9.53 Å². The van der Waals surface area contributed by atoms with Gasteiger partial charge in [-0.2, -0.15) is 0 Å². The van der Waals surface area contributed by atoms with E-state index in [-0.39, 0.29) is 17.6 Å². The van der Waals surface area contributed by atoms with Gasteiger partial charge in [0.1, 0.15) is 0 Å². The van der Waals surface area contributed by atoms with Gasteiger partial charge in [-0.05, 0) is 26.2 Å². The average molecular weight is 228 g/mol. The molecule has 1 heterocycles. The average Bonchev–Trinajstić information content (AvgIpc) is 2.21. The highest BCUT2D eigenvalue weighted by atomic mass is 16.5. The van der Waals surface area contributed by atoms with Gasteiger partial charge >= 0.3 is 0 Å². The Kier molecular flexibility index (Phi) is 4.33. The summed E-state index contributed by atoms with van der Waals surface area (Å²) in [5.74, 6) is 0.564. The van der Waals surface area contributed by atoms with Gasteiger partial charge in [0, 0.05) is 26.2 Å². The maximum absolute atomic E-state index is 12.0. The molecule has 0 aromatic carbocycles. The quantitative estimate of drug-likeness (QED) is 0.784. The van der Waals surface area contributed by atoms with Crippen molar-refractivity contribution >= 4 is 5.91 Å². The van der Waals surface area contributed by atoms with Crippen LogP contribution in [0.4, 0.5) is 0 Å². The molecular formula is C12H24N2O2. The Hall–Kier alpha value is -0.610. The number of hydrogen-bond acceptors (Lipinski definition) is 3. The summed E-state index contributed by atoms with van der Waals surface area (Å²) in [7, 11) is 1.64. The zero-order chi connectivity index (χ0) is 12.3. The molecular weight excluding hydrogens is 204 g/mol. The van der Waals surface area contributed by atoms with Crippen molar-refractivity contribution < 1.29 is 9.53 Å². The molecule has 1 fully saturated rings. The van der Waals surface area contributed by atoms with Gasteiger partial charge in [0.15, 0.2) is 0 Å². The Bertz CT molecular complexity index is 253. The van der Waals surface area contributed by atoms with Crippen LogP contribution in [0.5, 0.6) is 0 Å². The second-order valence-electron chi connectivity index (χ2n) is 5.41. The fraction of sp³-hybridized carbons (Fsp3) is 0.917. The summed E-state index contributed by atoms with van der Waals surface area (Å²) in [6.45, 7) is 7.53. The van der Waals surface area contributed by atoms with Crippen molar-refractivity contribution in [3.63, 3.8) is 0 Å². The molecule has 1 saturated heterocycles. The Morgan fingerprint density at radius 1 is 1.56 bits per heavy atom. The van der Waals surface area contributed by atoms with Gasteiger partial charge in [-0.1, -0.05) is 6.92 Å². The normalized spacial score (nSPS) is 26.9. The van der Waals surface area contributed by atoms with E-state index in [9.17, 15) is 4.79 Å². The first kappa shape index (κ1) is 13.5. The molecule has 1 aliphatic heterocycles. The zero-order valence-electron chi connectivity index (χ0n) is 10.8. The molecule has 0 bridgehead atoms. The number of nitrogens with zero attached hydrogens (tertiary/aromatic N) is 1. The van der Waals surface area contributed by atoms with Gasteiger partial charge in [0.25, 0.3) is 0 Å². The Morgan fingerprint density at radius 3 is 2.69 bits per heavy atom. The van der Waals surface area contributed by atoms with E-state index in [4.69, 9.17) is 10.5 Å². The zero-order valence-corrected chi connectivity index (χ0v) is 10.8. The minimum atomic E-state index is -0.375. The van der Waals surface area contributed by atoms with Crippen molar-refractivity contribution in [3.05, 3.63) is 0 Å². The van der Waals surface area contributed by atoms with E-state index < -0.39 is 0 Å². The molecule has 0 radical (unpaired) electrons. The molecule has 0 saturated carbocycles. The van der Waals surface area contributed by atoms with Crippen LogP contribution in [0.15, 0.2) is 0 Å². The Morgan fingerprint density at radius 2 is 2.19 bits per heavy atom. The molecule has 0 aromatic heterocycles. The predicted molar refractivity (Wildman–Crippen MR) is 64.0 cm³/mol. The maximum atomic E-state index is 12.0. The minimum absolute atomic E-state index is 0.172. The van der Waals surface area contributed by atoms with Gasteiger partial charge in [0.2, 0.25) is 5.91 Å². The van der Waals surface area contributed by atoms with Gasteiger partial charge in [-0.3, -0.25) is 4.79 Å². The number of likely N-dealkylation sites (tertiary alicyclic amines) is 1. The van der Waals surface area contributed by atoms with Crippen LogP contribution in [0, 0.1) is 5.92 Å². The van der Waals surface area contributed by atoms with Crippen LogP contribution in [0.3, 0.4) is 0 Å². The Labute approximate surface area is 98.1 Å². The Balaban J connectivity index is 2.49. The highest BCUT2D eigenvalue weighted by Crippen LogP contribution is 2.19. The molecule has 94 valence electrons. The molecule has 2 N–H and O–H groups in total. The van der Waals surface area contributed by atoms with E-state index in [1.54, 1.807) is 7.11 Å². The third kappa shape index (κ3) is 3.46. The predicted octanol–water partition coefficient (Wildman–Crippen LogP) is 0.997. The molecule has 16 heavy (non-hydrogen) atoms. The highest BCUT2D eigenvalue weighted by Gasteiger charge is 2.29. The lowest BCUT2D eigenvalue weighted by atomic mass is 9.94. The summed E-state index contributed by atoms with van der Waals surface area (Å²) in [6.07, 6.45) is 1.34. The summed E-state index contributed by atoms with van der Waals surface area (Å²) in [5.41, 5.74) is 5.56. The molecule has 4 heteroatoms. The number of piperidine rings is 1. The molecule has 0 spiro atoms. The fourth-order valence-electron chi connectivity index (χ4n) is 1.94. The molecule has 1 amide bonds. The lowest BCUT2D eigenvalue weighted by molar-refractivity contribution is -0.138. The molecule has 2 atom stereocenters. The van der Waals surface area contributed by atoms with E-state index in [1.807, 2.05) is 18.7 Å². The van der Waals surface area contributed by atoms with Crippen molar-refractivity contribution in [2.75, 3.05) is 20.2 Å². The largest absolute Gasteiger partial charge is 0.378 e. The number of carbonyl (C=O) groups excluding carboxylic acids is 1. The minimum Gasteiger partial charge on any atom is -0.378 e. The first-order valence-electron chi connectivity index (χ1n) is 5.94. The van der Waals surface area contributed by atoms with E-state index in [0.717, 1.165) is 19.5 Å². The third-order valence-electron chi connectivity index (χ3n) is 3.45. The number of amides is 1. The number of rotatable bonds is 3. The van der Waals surface area contributed by atoms with Crippen LogP contribution in [-0.4, -0.2) is 42.6 Å². The van der Waals surface area contributed by atoms with Crippen LogP contribution in [0.1, 0.15) is 33.6 Å². The van der Waals surface area contributed by atoms with E-state index in [0.29, 0.717) is 12.3 Å². The van der Waals surface area contributed by atoms with Crippen LogP contribution < -0.4 is 5.73 Å². The standard InChI is InChI=1S/C12H24N2O2/c1-9-8-14(6-5-10(9)13)11(15)7-12(2,3)16-4/h9-10H,5-8,13H2,1-4H3. The molecule has 2 unspecified atom stereocenters. The fourth-order valence-corrected chi connectivity index (χ4v) is 1.94. The van der Waals surface area contributed by atoms with Crippen molar-refractivity contribution in [2.45, 2.75) is 45.3 Å². The van der Waals surface area contributed by atoms with Crippen molar-refractivity contribution in [1.29, 1.82) is 0 Å². The second kappa shape index (κ2) is 5.15. The topological polar surface area (TPSA) is 55.6 Å². The summed E-state index contributed by atoms with van der Waals surface area (Å²) < 4.78 is 5.27. The molecule has 4 nitrogen and oxygen atoms in total. The van der Waals surface area contributed by atoms with Crippen molar-refractivity contribution in [2.24, 2.45) is 11.7 Å². The summed E-state index contributed by atoms with van der Waals surface area (Å²) in [5, 5.41) is 0. The third-order valence-corrected chi connectivity index (χ3v) is 3.45. The summed E-state index contributed by atoms with van der Waals surface area (Å²) >= 11 is 0. The van der Waals surface area contributed by atoms with Gasteiger partial charge in [0.05, 0.1) is 12.0 Å². The number of hydrogen-bond donors (Lipinski definition) is 1. The number of ether oxygens (including phenoxy) is 1. The second-order valence-corrected chi connectivity index (χ2v) is 5.41. The van der Waals surface area contributed by atoms with Crippen LogP contribution >= 0.6 is 0 Å². The molecule has 1 rings (SSSR count). The smallest absolute Gasteiger partial charge is 0.225 e. The molecule has 1 aliphatic rings. The lowest BCUT2D eigenvalue weighted by Crippen LogP contribution is -2.49. The highest BCUT2D eigenvalue weighted by molar-refractivity contribution is 5.77. The summed E-state index contributed by atoms with van der Waals surface area (Å²) in [4.78, 5) is 13.9. The lowest BCUT2D eigenvalue weighted by Gasteiger charge is -2.36. The van der Waals surface area contributed by atoms with E-state index in [1.165, 1.54) is 0 Å². The van der Waals surface area contributed by atoms with E-state index >= 15 is 0 Å². The SMILES string of the molecule is COC(C)(C)CC(=O)N1CCC(N)C(C)C1. The maximum Gasteiger partial charge on any atom is 0.225 e. The van der Waals surface area contributed by atoms with Crippen LogP contribution in [0.2, 0.25) is 0 Å². The van der Waals surface area contributed by atoms with Crippen LogP contribution in [0.25, 0.3) is 0 Å². The summed E-state index contributed by atoms with van der Waals surface area (Å²) in [6, 6.07) is 0.236. The van der Waals surface area contributed by atoms with Crippen molar-refractivity contribution in [1.82, 2.24) is 4.90 Å². The molecule has 0 aromatic rings. The van der Waals surface area contributed by atoms with Gasteiger partial charge in [-0.15, -0.1) is 0 Å².